The molecule has 1 unspecified atom stereocenters. The first kappa shape index (κ1) is 12.6. The molecule has 1 N–H and O–H groups in total. The van der Waals surface area contributed by atoms with Gasteiger partial charge in [-0.25, -0.2) is 0 Å². The highest BCUT2D eigenvalue weighted by Gasteiger charge is 2.22. The smallest absolute Gasteiger partial charge is 0.0343 e. The normalized spacial score (nSPS) is 17.2. The van der Waals surface area contributed by atoms with Crippen molar-refractivity contribution in [1.82, 2.24) is 0 Å². The minimum Gasteiger partial charge on any atom is -0.384 e. The monoisotopic (exact) mass is 269 g/mol. The largest absolute Gasteiger partial charge is 0.384 e. The third kappa shape index (κ3) is 2.79. The van der Waals surface area contributed by atoms with Gasteiger partial charge in [0.25, 0.3) is 0 Å². The van der Waals surface area contributed by atoms with Gasteiger partial charge in [-0.3, -0.25) is 0 Å². The summed E-state index contributed by atoms with van der Waals surface area (Å²) < 4.78 is 0. The van der Waals surface area contributed by atoms with Gasteiger partial charge in [-0.2, -0.15) is 0 Å². The Morgan fingerprint density at radius 3 is 2.95 bits per heavy atom. The van der Waals surface area contributed by atoms with Gasteiger partial charge in [0.1, 0.15) is 0 Å². The van der Waals surface area contributed by atoms with E-state index >= 15 is 0 Å². The molecule has 0 aliphatic carbocycles. The predicted molar refractivity (Wildman–Crippen MR) is 84.2 cm³/mol. The number of benzene rings is 2. The molecule has 2 aromatic carbocycles. The predicted octanol–water partition coefficient (Wildman–Crippen LogP) is 4.55. The number of thioether (sulfide) groups is 1. The second-order valence-electron chi connectivity index (χ2n) is 4.98. The van der Waals surface area contributed by atoms with Crippen LogP contribution >= 0.6 is 11.8 Å². The summed E-state index contributed by atoms with van der Waals surface area (Å²) in [5, 5.41) is 3.59. The fraction of sp³-hybridized carbons (Fsp3) is 0.294. The average Bonchev–Trinajstić information content (AvgIpc) is 2.89. The molecule has 2 aromatic rings. The topological polar surface area (TPSA) is 12.0 Å². The zero-order chi connectivity index (χ0) is 13.1. The highest BCUT2D eigenvalue weighted by Crippen LogP contribution is 2.39. The Balaban J connectivity index is 1.67. The maximum atomic E-state index is 3.59. The Morgan fingerprint density at radius 2 is 2.05 bits per heavy atom. The second kappa shape index (κ2) is 5.70. The molecule has 1 atom stereocenters. The summed E-state index contributed by atoms with van der Waals surface area (Å²) in [6.45, 7) is 3.22. The van der Waals surface area contributed by atoms with Gasteiger partial charge >= 0.3 is 0 Å². The molecule has 2 heteroatoms. The molecule has 0 fully saturated rings. The number of aryl methyl sites for hydroxylation is 1. The van der Waals surface area contributed by atoms with Crippen LogP contribution in [0.4, 0.5) is 5.69 Å². The van der Waals surface area contributed by atoms with Crippen molar-refractivity contribution >= 4 is 17.4 Å². The zero-order valence-corrected chi connectivity index (χ0v) is 12.0. The summed E-state index contributed by atoms with van der Waals surface area (Å²) in [6.07, 6.45) is 1.09. The molecule has 0 aromatic heterocycles. The molecule has 1 nitrogen and oxygen atoms in total. The second-order valence-corrected chi connectivity index (χ2v) is 6.04. The van der Waals surface area contributed by atoms with E-state index in [1.165, 1.54) is 27.5 Å². The summed E-state index contributed by atoms with van der Waals surface area (Å²) >= 11 is 1.98. The Kier molecular flexibility index (Phi) is 3.79. The molecule has 3 rings (SSSR count). The maximum Gasteiger partial charge on any atom is 0.0343 e. The van der Waals surface area contributed by atoms with E-state index in [1.54, 1.807) is 0 Å². The number of nitrogens with one attached hydrogen (secondary N) is 1. The van der Waals surface area contributed by atoms with E-state index in [0.29, 0.717) is 5.92 Å². The van der Waals surface area contributed by atoms with Gasteiger partial charge in [0, 0.05) is 28.8 Å². The van der Waals surface area contributed by atoms with Crippen LogP contribution in [0.15, 0.2) is 53.4 Å². The van der Waals surface area contributed by atoms with Gasteiger partial charge in [0.15, 0.2) is 0 Å². The van der Waals surface area contributed by atoms with Crippen LogP contribution in [0.1, 0.15) is 24.0 Å². The van der Waals surface area contributed by atoms with Crippen LogP contribution in [0, 0.1) is 0 Å². The van der Waals surface area contributed by atoms with E-state index < -0.39 is 0 Å². The molecule has 0 saturated heterocycles. The fourth-order valence-electron chi connectivity index (χ4n) is 2.54. The van der Waals surface area contributed by atoms with Crippen molar-refractivity contribution in [1.29, 1.82) is 0 Å². The van der Waals surface area contributed by atoms with Crippen molar-refractivity contribution in [3.05, 3.63) is 59.7 Å². The first-order valence-electron chi connectivity index (χ1n) is 6.91. The Hall–Kier alpha value is -1.41. The van der Waals surface area contributed by atoms with E-state index in [-0.39, 0.29) is 0 Å². The van der Waals surface area contributed by atoms with Crippen LogP contribution < -0.4 is 5.32 Å². The first-order chi connectivity index (χ1) is 9.36. The molecule has 0 saturated carbocycles. The lowest BCUT2D eigenvalue weighted by Gasteiger charge is -2.13. The molecule has 1 aliphatic heterocycles. The highest BCUT2D eigenvalue weighted by molar-refractivity contribution is 7.99. The van der Waals surface area contributed by atoms with E-state index in [0.717, 1.165) is 13.0 Å². The fourth-order valence-corrected chi connectivity index (χ4v) is 3.79. The van der Waals surface area contributed by atoms with Gasteiger partial charge in [0.2, 0.25) is 0 Å². The molecule has 0 bridgehead atoms. The molecule has 0 amide bonds. The molecule has 98 valence electrons. The molecular weight excluding hydrogens is 250 g/mol. The summed E-state index contributed by atoms with van der Waals surface area (Å²) in [7, 11) is 0. The van der Waals surface area contributed by atoms with Gasteiger partial charge < -0.3 is 5.32 Å². The van der Waals surface area contributed by atoms with Crippen LogP contribution in [-0.2, 0) is 6.42 Å². The van der Waals surface area contributed by atoms with Crippen LogP contribution in [0.2, 0.25) is 0 Å². The number of rotatable bonds is 4. The third-order valence-electron chi connectivity index (χ3n) is 3.69. The highest BCUT2D eigenvalue weighted by atomic mass is 32.2. The van der Waals surface area contributed by atoms with Crippen LogP contribution in [-0.4, -0.2) is 12.3 Å². The van der Waals surface area contributed by atoms with E-state index in [2.05, 4.69) is 60.8 Å². The Bertz CT molecular complexity index is 565. The maximum absolute atomic E-state index is 3.59. The molecule has 19 heavy (non-hydrogen) atoms. The van der Waals surface area contributed by atoms with E-state index in [9.17, 15) is 0 Å². The quantitative estimate of drug-likeness (QED) is 0.874. The van der Waals surface area contributed by atoms with Crippen molar-refractivity contribution in [2.24, 2.45) is 0 Å². The van der Waals surface area contributed by atoms with Crippen molar-refractivity contribution in [3.63, 3.8) is 0 Å². The lowest BCUT2D eigenvalue weighted by Crippen LogP contribution is -2.12. The third-order valence-corrected chi connectivity index (χ3v) is 4.94. The van der Waals surface area contributed by atoms with Gasteiger partial charge in [0.05, 0.1) is 0 Å². The van der Waals surface area contributed by atoms with Crippen molar-refractivity contribution in [2.45, 2.75) is 24.2 Å². The summed E-state index contributed by atoms with van der Waals surface area (Å²) in [5.74, 6) is 1.83. The van der Waals surface area contributed by atoms with Crippen LogP contribution in [0.5, 0.6) is 0 Å². The summed E-state index contributed by atoms with van der Waals surface area (Å²) in [5.41, 5.74) is 4.14. The van der Waals surface area contributed by atoms with Gasteiger partial charge in [-0.1, -0.05) is 37.3 Å². The first-order valence-corrected chi connectivity index (χ1v) is 7.90. The summed E-state index contributed by atoms with van der Waals surface area (Å²) in [4.78, 5) is 1.46. The Labute approximate surface area is 119 Å². The SMILES string of the molecule is CCc1cccc(NCC2CSc3ccccc32)c1. The van der Waals surface area contributed by atoms with Crippen LogP contribution in [0.25, 0.3) is 0 Å². The minimum absolute atomic E-state index is 0.631. The van der Waals surface area contributed by atoms with Gasteiger partial charge in [-0.15, -0.1) is 11.8 Å². The van der Waals surface area contributed by atoms with Crippen molar-refractivity contribution < 1.29 is 0 Å². The average molecular weight is 269 g/mol. The van der Waals surface area contributed by atoms with Gasteiger partial charge in [-0.05, 0) is 35.7 Å². The number of anilines is 1. The van der Waals surface area contributed by atoms with Crippen molar-refractivity contribution in [3.8, 4) is 0 Å². The van der Waals surface area contributed by atoms with E-state index in [1.807, 2.05) is 11.8 Å². The molecule has 0 spiro atoms. The van der Waals surface area contributed by atoms with Crippen molar-refractivity contribution in [2.75, 3.05) is 17.6 Å². The molecular formula is C17H19NS. The minimum atomic E-state index is 0.631. The standard InChI is InChI=1S/C17H19NS/c1-2-13-6-5-7-15(10-13)18-11-14-12-19-17-9-4-3-8-16(14)17/h3-10,14,18H,2,11-12H2,1H3. The number of hydrogen-bond donors (Lipinski definition) is 1. The number of fused-ring (bicyclic) bond motifs is 1. The molecule has 0 radical (unpaired) electrons. The molecule has 1 heterocycles. The lowest BCUT2D eigenvalue weighted by molar-refractivity contribution is 0.819. The Morgan fingerprint density at radius 1 is 1.16 bits per heavy atom. The molecule has 1 aliphatic rings. The zero-order valence-electron chi connectivity index (χ0n) is 11.2. The van der Waals surface area contributed by atoms with E-state index in [4.69, 9.17) is 0 Å². The number of hydrogen-bond acceptors (Lipinski definition) is 2. The summed E-state index contributed by atoms with van der Waals surface area (Å²) in [6, 6.07) is 17.5. The lowest BCUT2D eigenvalue weighted by atomic mass is 10.0. The van der Waals surface area contributed by atoms with Crippen LogP contribution in [0.3, 0.4) is 0 Å².